The van der Waals surface area contributed by atoms with Gasteiger partial charge in [0.1, 0.15) is 10.8 Å². The SMILES string of the molecule is CC(Nc1snc(N)c1-c1cccnc1)c1ccccc1. The van der Waals surface area contributed by atoms with Gasteiger partial charge in [0, 0.05) is 24.0 Å². The molecule has 0 spiro atoms. The topological polar surface area (TPSA) is 63.8 Å². The molecule has 4 nitrogen and oxygen atoms in total. The van der Waals surface area contributed by atoms with Crippen LogP contribution in [-0.4, -0.2) is 9.36 Å². The van der Waals surface area contributed by atoms with Gasteiger partial charge in [-0.3, -0.25) is 4.98 Å². The number of rotatable bonds is 4. The fraction of sp³-hybridized carbons (Fsp3) is 0.125. The third-order valence-corrected chi connectivity index (χ3v) is 4.11. The Kier molecular flexibility index (Phi) is 3.83. The molecule has 0 radical (unpaired) electrons. The van der Waals surface area contributed by atoms with Crippen molar-refractivity contribution in [1.29, 1.82) is 0 Å². The first-order chi connectivity index (χ1) is 10.3. The Hall–Kier alpha value is -2.40. The number of aromatic nitrogens is 2. The smallest absolute Gasteiger partial charge is 0.147 e. The van der Waals surface area contributed by atoms with Crippen molar-refractivity contribution >= 4 is 22.4 Å². The molecule has 1 aromatic carbocycles. The van der Waals surface area contributed by atoms with Gasteiger partial charge < -0.3 is 11.1 Å². The first kappa shape index (κ1) is 13.6. The minimum atomic E-state index is 0.182. The molecule has 0 aliphatic rings. The summed E-state index contributed by atoms with van der Waals surface area (Å²) in [5.74, 6) is 0.538. The monoisotopic (exact) mass is 296 g/mol. The number of benzene rings is 1. The third kappa shape index (κ3) is 2.87. The number of nitrogen functional groups attached to an aromatic ring is 1. The number of nitrogens with one attached hydrogen (secondary N) is 1. The molecule has 5 heteroatoms. The summed E-state index contributed by atoms with van der Waals surface area (Å²) in [6, 6.07) is 14.4. The average Bonchev–Trinajstić information content (AvgIpc) is 2.89. The summed E-state index contributed by atoms with van der Waals surface area (Å²) >= 11 is 1.38. The molecule has 2 aromatic heterocycles. The first-order valence-corrected chi connectivity index (χ1v) is 7.50. The van der Waals surface area contributed by atoms with E-state index in [4.69, 9.17) is 5.73 Å². The highest BCUT2D eigenvalue weighted by Crippen LogP contribution is 2.38. The lowest BCUT2D eigenvalue weighted by Crippen LogP contribution is -2.06. The number of anilines is 2. The largest absolute Gasteiger partial charge is 0.382 e. The highest BCUT2D eigenvalue weighted by atomic mass is 32.1. The van der Waals surface area contributed by atoms with Gasteiger partial charge in [-0.1, -0.05) is 36.4 Å². The zero-order valence-electron chi connectivity index (χ0n) is 11.7. The Morgan fingerprint density at radius 3 is 2.67 bits per heavy atom. The van der Waals surface area contributed by atoms with E-state index in [1.807, 2.05) is 30.3 Å². The Labute approximate surface area is 127 Å². The van der Waals surface area contributed by atoms with Gasteiger partial charge in [0.15, 0.2) is 0 Å². The maximum atomic E-state index is 6.02. The number of nitrogens with two attached hydrogens (primary N) is 1. The van der Waals surface area contributed by atoms with Crippen LogP contribution in [0.4, 0.5) is 10.8 Å². The van der Waals surface area contributed by atoms with Gasteiger partial charge in [-0.15, -0.1) is 0 Å². The number of hydrogen-bond acceptors (Lipinski definition) is 5. The second-order valence-electron chi connectivity index (χ2n) is 4.79. The minimum Gasteiger partial charge on any atom is -0.382 e. The quantitative estimate of drug-likeness (QED) is 0.765. The van der Waals surface area contributed by atoms with E-state index in [-0.39, 0.29) is 6.04 Å². The van der Waals surface area contributed by atoms with Gasteiger partial charge in [0.25, 0.3) is 0 Å². The second-order valence-corrected chi connectivity index (χ2v) is 5.56. The van der Waals surface area contributed by atoms with Crippen molar-refractivity contribution in [3.63, 3.8) is 0 Å². The Balaban J connectivity index is 1.91. The Bertz CT molecular complexity index is 710. The van der Waals surface area contributed by atoms with Crippen LogP contribution in [0.5, 0.6) is 0 Å². The molecule has 0 fully saturated rings. The van der Waals surface area contributed by atoms with E-state index in [9.17, 15) is 0 Å². The summed E-state index contributed by atoms with van der Waals surface area (Å²) in [6.45, 7) is 2.12. The van der Waals surface area contributed by atoms with Gasteiger partial charge in [0.05, 0.1) is 5.56 Å². The van der Waals surface area contributed by atoms with Crippen LogP contribution >= 0.6 is 11.5 Å². The van der Waals surface area contributed by atoms with E-state index in [1.165, 1.54) is 17.1 Å². The van der Waals surface area contributed by atoms with Crippen molar-refractivity contribution in [2.24, 2.45) is 0 Å². The van der Waals surface area contributed by atoms with Crippen LogP contribution in [0, 0.1) is 0 Å². The molecule has 0 aliphatic heterocycles. The molecule has 1 unspecified atom stereocenters. The first-order valence-electron chi connectivity index (χ1n) is 6.72. The van der Waals surface area contributed by atoms with E-state index in [0.717, 1.165) is 16.1 Å². The van der Waals surface area contributed by atoms with E-state index in [2.05, 4.69) is 33.7 Å². The predicted octanol–water partition coefficient (Wildman–Crippen LogP) is 3.96. The summed E-state index contributed by atoms with van der Waals surface area (Å²) in [7, 11) is 0. The van der Waals surface area contributed by atoms with E-state index < -0.39 is 0 Å². The molecular weight excluding hydrogens is 280 g/mol. The molecular formula is C16H16N4S. The molecule has 3 aromatic rings. The van der Waals surface area contributed by atoms with Gasteiger partial charge in [-0.05, 0) is 30.1 Å². The van der Waals surface area contributed by atoms with Crippen LogP contribution in [0.3, 0.4) is 0 Å². The lowest BCUT2D eigenvalue weighted by Gasteiger charge is -2.15. The van der Waals surface area contributed by atoms with E-state index >= 15 is 0 Å². The molecule has 106 valence electrons. The Morgan fingerprint density at radius 1 is 1.14 bits per heavy atom. The lowest BCUT2D eigenvalue weighted by molar-refractivity contribution is 0.890. The molecule has 0 amide bonds. The molecule has 1 atom stereocenters. The fourth-order valence-corrected chi connectivity index (χ4v) is 3.04. The van der Waals surface area contributed by atoms with E-state index in [0.29, 0.717) is 5.82 Å². The maximum Gasteiger partial charge on any atom is 0.147 e. The van der Waals surface area contributed by atoms with Crippen molar-refractivity contribution in [3.05, 3.63) is 60.4 Å². The van der Waals surface area contributed by atoms with E-state index in [1.54, 1.807) is 12.4 Å². The van der Waals surface area contributed by atoms with Crippen LogP contribution < -0.4 is 11.1 Å². The molecule has 0 bridgehead atoms. The molecule has 21 heavy (non-hydrogen) atoms. The maximum absolute atomic E-state index is 6.02. The zero-order chi connectivity index (χ0) is 14.7. The minimum absolute atomic E-state index is 0.182. The summed E-state index contributed by atoms with van der Waals surface area (Å²) in [4.78, 5) is 4.15. The predicted molar refractivity (Wildman–Crippen MR) is 88.2 cm³/mol. The van der Waals surface area contributed by atoms with Gasteiger partial charge in [-0.2, -0.15) is 4.37 Å². The Morgan fingerprint density at radius 2 is 1.95 bits per heavy atom. The molecule has 2 heterocycles. The highest BCUT2D eigenvalue weighted by Gasteiger charge is 2.16. The number of hydrogen-bond donors (Lipinski definition) is 2. The van der Waals surface area contributed by atoms with Crippen molar-refractivity contribution in [1.82, 2.24) is 9.36 Å². The molecule has 0 aliphatic carbocycles. The summed E-state index contributed by atoms with van der Waals surface area (Å²) in [5.41, 5.74) is 9.15. The van der Waals surface area contributed by atoms with Crippen LogP contribution in [0.15, 0.2) is 54.9 Å². The summed E-state index contributed by atoms with van der Waals surface area (Å²) < 4.78 is 4.27. The summed E-state index contributed by atoms with van der Waals surface area (Å²) in [6.07, 6.45) is 3.55. The highest BCUT2D eigenvalue weighted by molar-refractivity contribution is 7.11. The fourth-order valence-electron chi connectivity index (χ4n) is 2.21. The number of nitrogens with zero attached hydrogens (tertiary/aromatic N) is 2. The van der Waals surface area contributed by atoms with Gasteiger partial charge >= 0.3 is 0 Å². The number of pyridine rings is 1. The van der Waals surface area contributed by atoms with Crippen LogP contribution in [0.25, 0.3) is 11.1 Å². The average molecular weight is 296 g/mol. The zero-order valence-corrected chi connectivity index (χ0v) is 12.5. The normalized spacial score (nSPS) is 12.0. The summed E-state index contributed by atoms with van der Waals surface area (Å²) in [5, 5.41) is 4.46. The third-order valence-electron chi connectivity index (χ3n) is 3.32. The lowest BCUT2D eigenvalue weighted by atomic mass is 10.1. The molecule has 3 N–H and O–H groups in total. The molecule has 0 saturated carbocycles. The van der Waals surface area contributed by atoms with Crippen molar-refractivity contribution in [2.45, 2.75) is 13.0 Å². The van der Waals surface area contributed by atoms with Gasteiger partial charge in [0.2, 0.25) is 0 Å². The van der Waals surface area contributed by atoms with Gasteiger partial charge in [-0.25, -0.2) is 0 Å². The van der Waals surface area contributed by atoms with Crippen molar-refractivity contribution < 1.29 is 0 Å². The molecule has 0 saturated heterocycles. The van der Waals surface area contributed by atoms with Crippen molar-refractivity contribution in [3.8, 4) is 11.1 Å². The van der Waals surface area contributed by atoms with Crippen molar-refractivity contribution in [2.75, 3.05) is 11.1 Å². The van der Waals surface area contributed by atoms with Crippen LogP contribution in [0.2, 0.25) is 0 Å². The van der Waals surface area contributed by atoms with Crippen LogP contribution in [-0.2, 0) is 0 Å². The van der Waals surface area contributed by atoms with Crippen LogP contribution in [0.1, 0.15) is 18.5 Å². The second kappa shape index (κ2) is 5.93. The standard InChI is InChI=1S/C16H16N4S/c1-11(12-6-3-2-4-7-12)19-16-14(15(17)20-21-16)13-8-5-9-18-10-13/h2-11,19H,1H3,(H2,17,20). The molecule has 3 rings (SSSR count).